The summed E-state index contributed by atoms with van der Waals surface area (Å²) >= 11 is 2.07. The molecule has 0 amide bonds. The highest BCUT2D eigenvalue weighted by Gasteiger charge is 2.28. The van der Waals surface area contributed by atoms with E-state index in [2.05, 4.69) is 34.3 Å². The lowest BCUT2D eigenvalue weighted by molar-refractivity contribution is 0.476. The van der Waals surface area contributed by atoms with Crippen LogP contribution in [0.1, 0.15) is 37.9 Å². The Morgan fingerprint density at radius 1 is 1.69 bits per heavy atom. The predicted octanol–water partition coefficient (Wildman–Crippen LogP) is 1.84. The maximum atomic E-state index is 4.16. The van der Waals surface area contributed by atoms with Crippen molar-refractivity contribution in [1.29, 1.82) is 0 Å². The van der Waals surface area contributed by atoms with Crippen molar-refractivity contribution >= 4 is 11.8 Å². The monoisotopic (exact) mass is 240 g/mol. The highest BCUT2D eigenvalue weighted by atomic mass is 32.2. The van der Waals surface area contributed by atoms with Crippen LogP contribution in [0, 0.1) is 0 Å². The van der Waals surface area contributed by atoms with Crippen LogP contribution in [0.25, 0.3) is 0 Å². The Morgan fingerprint density at radius 3 is 3.19 bits per heavy atom. The van der Waals surface area contributed by atoms with Crippen LogP contribution < -0.4 is 5.32 Å². The van der Waals surface area contributed by atoms with Gasteiger partial charge in [-0.1, -0.05) is 12.1 Å². The van der Waals surface area contributed by atoms with E-state index in [-0.39, 0.29) is 0 Å². The highest BCUT2D eigenvalue weighted by molar-refractivity contribution is 8.00. The molecule has 1 saturated heterocycles. The molecule has 5 heteroatoms. The van der Waals surface area contributed by atoms with Gasteiger partial charge in [-0.25, -0.2) is 4.68 Å². The SMILES string of the molecule is CCCn1nncc1C(NC)C1CCCS1. The van der Waals surface area contributed by atoms with Crippen molar-refractivity contribution in [3.63, 3.8) is 0 Å². The van der Waals surface area contributed by atoms with Crippen LogP contribution in [0.2, 0.25) is 0 Å². The average molecular weight is 240 g/mol. The molecule has 1 fully saturated rings. The van der Waals surface area contributed by atoms with Crippen LogP contribution in [0.15, 0.2) is 6.20 Å². The number of hydrogen-bond acceptors (Lipinski definition) is 4. The van der Waals surface area contributed by atoms with Gasteiger partial charge in [0.25, 0.3) is 0 Å². The van der Waals surface area contributed by atoms with Gasteiger partial charge in [-0.15, -0.1) is 5.10 Å². The third-order valence-corrected chi connectivity index (χ3v) is 4.51. The molecule has 1 aromatic rings. The van der Waals surface area contributed by atoms with Crippen LogP contribution in [0.4, 0.5) is 0 Å². The summed E-state index contributed by atoms with van der Waals surface area (Å²) in [5, 5.41) is 12.3. The number of nitrogens with zero attached hydrogens (tertiary/aromatic N) is 3. The molecule has 4 nitrogen and oxygen atoms in total. The van der Waals surface area contributed by atoms with Gasteiger partial charge in [-0.05, 0) is 32.1 Å². The fourth-order valence-electron chi connectivity index (χ4n) is 2.28. The zero-order chi connectivity index (χ0) is 11.4. The van der Waals surface area contributed by atoms with Crippen LogP contribution in [-0.4, -0.2) is 33.0 Å². The molecule has 0 aliphatic carbocycles. The molecule has 1 N–H and O–H groups in total. The van der Waals surface area contributed by atoms with Crippen molar-refractivity contribution in [3.8, 4) is 0 Å². The third kappa shape index (κ3) is 2.40. The fourth-order valence-corrected chi connectivity index (χ4v) is 3.72. The standard InChI is InChI=1S/C11H20N4S/c1-3-6-15-9(8-13-14-15)11(12-2)10-5-4-7-16-10/h8,10-12H,3-7H2,1-2H3. The van der Waals surface area contributed by atoms with E-state index >= 15 is 0 Å². The Bertz CT molecular complexity index is 320. The molecule has 0 radical (unpaired) electrons. The van der Waals surface area contributed by atoms with E-state index in [9.17, 15) is 0 Å². The van der Waals surface area contributed by atoms with Gasteiger partial charge in [0.1, 0.15) is 0 Å². The topological polar surface area (TPSA) is 42.7 Å². The molecular weight excluding hydrogens is 220 g/mol. The van der Waals surface area contributed by atoms with Crippen LogP contribution in [0.3, 0.4) is 0 Å². The molecule has 1 aliphatic rings. The zero-order valence-corrected chi connectivity index (χ0v) is 10.8. The second-order valence-electron chi connectivity index (χ2n) is 4.20. The van der Waals surface area contributed by atoms with Crippen molar-refractivity contribution in [2.45, 2.75) is 44.0 Å². The molecule has 0 aromatic carbocycles. The van der Waals surface area contributed by atoms with E-state index in [0.29, 0.717) is 11.3 Å². The second kappa shape index (κ2) is 5.68. The summed E-state index contributed by atoms with van der Waals surface area (Å²) in [5.74, 6) is 1.29. The summed E-state index contributed by atoms with van der Waals surface area (Å²) in [7, 11) is 2.03. The van der Waals surface area contributed by atoms with E-state index < -0.39 is 0 Å². The molecule has 2 rings (SSSR count). The molecule has 1 aliphatic heterocycles. The Hall–Kier alpha value is -0.550. The lowest BCUT2D eigenvalue weighted by Crippen LogP contribution is -2.28. The number of rotatable bonds is 5. The van der Waals surface area contributed by atoms with Crippen molar-refractivity contribution in [3.05, 3.63) is 11.9 Å². The van der Waals surface area contributed by atoms with Gasteiger partial charge in [-0.3, -0.25) is 0 Å². The molecule has 1 aromatic heterocycles. The minimum atomic E-state index is 0.397. The smallest absolute Gasteiger partial charge is 0.0767 e. The van der Waals surface area contributed by atoms with Crippen LogP contribution in [0.5, 0.6) is 0 Å². The van der Waals surface area contributed by atoms with Gasteiger partial charge < -0.3 is 5.32 Å². The number of aryl methyl sites for hydroxylation is 1. The number of nitrogens with one attached hydrogen (secondary N) is 1. The minimum absolute atomic E-state index is 0.397. The number of hydrogen-bond donors (Lipinski definition) is 1. The lowest BCUT2D eigenvalue weighted by atomic mass is 10.1. The molecule has 2 atom stereocenters. The quantitative estimate of drug-likeness (QED) is 0.853. The zero-order valence-electron chi connectivity index (χ0n) is 10.0. The predicted molar refractivity (Wildman–Crippen MR) is 67.6 cm³/mol. The summed E-state index contributed by atoms with van der Waals surface area (Å²) in [4.78, 5) is 0. The van der Waals surface area contributed by atoms with Crippen molar-refractivity contribution < 1.29 is 0 Å². The normalized spacial score (nSPS) is 22.5. The van der Waals surface area contributed by atoms with Crippen molar-refractivity contribution in [1.82, 2.24) is 20.3 Å². The molecule has 16 heavy (non-hydrogen) atoms. The van der Waals surface area contributed by atoms with Gasteiger partial charge in [0.2, 0.25) is 0 Å². The molecular formula is C11H20N4S. The summed E-state index contributed by atoms with van der Waals surface area (Å²) < 4.78 is 2.04. The van der Waals surface area contributed by atoms with E-state index in [4.69, 9.17) is 0 Å². The molecule has 2 unspecified atom stereocenters. The number of aromatic nitrogens is 3. The fraction of sp³-hybridized carbons (Fsp3) is 0.818. The third-order valence-electron chi connectivity index (χ3n) is 3.05. The second-order valence-corrected chi connectivity index (χ2v) is 5.55. The first-order valence-electron chi connectivity index (χ1n) is 6.04. The van der Waals surface area contributed by atoms with Crippen LogP contribution in [-0.2, 0) is 6.54 Å². The Kier molecular flexibility index (Phi) is 4.23. The van der Waals surface area contributed by atoms with Gasteiger partial charge in [-0.2, -0.15) is 11.8 Å². The van der Waals surface area contributed by atoms with E-state index in [1.54, 1.807) is 0 Å². The van der Waals surface area contributed by atoms with Gasteiger partial charge in [0.15, 0.2) is 0 Å². The molecule has 90 valence electrons. The van der Waals surface area contributed by atoms with E-state index in [1.807, 2.05) is 17.9 Å². The lowest BCUT2D eigenvalue weighted by Gasteiger charge is -2.22. The Labute approximate surface area is 101 Å². The first-order chi connectivity index (χ1) is 7.86. The molecule has 0 bridgehead atoms. The summed E-state index contributed by atoms with van der Waals surface area (Å²) in [5.41, 5.74) is 1.24. The summed E-state index contributed by atoms with van der Waals surface area (Å²) in [6, 6.07) is 0.397. The minimum Gasteiger partial charge on any atom is -0.311 e. The first kappa shape index (κ1) is 11.9. The first-order valence-corrected chi connectivity index (χ1v) is 7.09. The number of thioether (sulfide) groups is 1. The van der Waals surface area contributed by atoms with E-state index in [0.717, 1.165) is 13.0 Å². The van der Waals surface area contributed by atoms with Gasteiger partial charge >= 0.3 is 0 Å². The maximum Gasteiger partial charge on any atom is 0.0767 e. The maximum absolute atomic E-state index is 4.16. The van der Waals surface area contributed by atoms with Crippen molar-refractivity contribution in [2.24, 2.45) is 0 Å². The Morgan fingerprint density at radius 2 is 2.56 bits per heavy atom. The van der Waals surface area contributed by atoms with Crippen molar-refractivity contribution in [2.75, 3.05) is 12.8 Å². The average Bonchev–Trinajstić information content (AvgIpc) is 2.92. The molecule has 0 spiro atoms. The Balaban J connectivity index is 2.15. The summed E-state index contributed by atoms with van der Waals surface area (Å²) in [6.45, 7) is 3.13. The van der Waals surface area contributed by atoms with E-state index in [1.165, 1.54) is 24.3 Å². The molecule has 2 heterocycles. The highest BCUT2D eigenvalue weighted by Crippen LogP contribution is 2.35. The van der Waals surface area contributed by atoms with Gasteiger partial charge in [0.05, 0.1) is 17.9 Å². The largest absolute Gasteiger partial charge is 0.311 e. The summed E-state index contributed by atoms with van der Waals surface area (Å²) in [6.07, 6.45) is 5.65. The molecule has 0 saturated carbocycles. The van der Waals surface area contributed by atoms with Gasteiger partial charge in [0, 0.05) is 11.8 Å². The van der Waals surface area contributed by atoms with Crippen LogP contribution >= 0.6 is 11.8 Å².